The molecule has 3 rings (SSSR count). The molecule has 0 aromatic heterocycles. The molecule has 2 aliphatic rings. The minimum absolute atomic E-state index is 0.00965. The zero-order valence-corrected chi connectivity index (χ0v) is 19.4. The molecule has 0 saturated carbocycles. The number of rotatable bonds is 7. The van der Waals surface area contributed by atoms with E-state index in [9.17, 15) is 27.9 Å². The third kappa shape index (κ3) is 5.34. The number of carbonyl (C=O) groups excluding carboxylic acids is 3. The van der Waals surface area contributed by atoms with Crippen molar-refractivity contribution in [2.75, 3.05) is 26.3 Å². The fourth-order valence-corrected chi connectivity index (χ4v) is 5.29. The first-order valence-electron chi connectivity index (χ1n) is 10.4. The molecule has 0 radical (unpaired) electrons. The molecule has 3 N–H and O–H groups in total. The van der Waals surface area contributed by atoms with Crippen LogP contribution in [0.4, 0.5) is 4.79 Å². The fourth-order valence-electron chi connectivity index (χ4n) is 3.58. The number of hydrogen-bond acceptors (Lipinski definition) is 8. The molecule has 1 aromatic carbocycles. The summed E-state index contributed by atoms with van der Waals surface area (Å²) in [6, 6.07) is 2.80. The highest BCUT2D eigenvalue weighted by Crippen LogP contribution is 2.28. The molecular weight excluding hydrogens is 454 g/mol. The highest BCUT2D eigenvalue weighted by Gasteiger charge is 2.44. The van der Waals surface area contributed by atoms with E-state index < -0.39 is 46.7 Å². The maximum Gasteiger partial charge on any atom is 0.337 e. The first-order chi connectivity index (χ1) is 15.5. The molecule has 180 valence electrons. The van der Waals surface area contributed by atoms with Gasteiger partial charge >= 0.3 is 18.0 Å². The summed E-state index contributed by atoms with van der Waals surface area (Å²) in [5, 5.41) is 14.9. The summed E-state index contributed by atoms with van der Waals surface area (Å²) in [5.41, 5.74) is 1.83. The van der Waals surface area contributed by atoms with Gasteiger partial charge in [0.15, 0.2) is 0 Å². The maximum atomic E-state index is 13.2. The van der Waals surface area contributed by atoms with Crippen LogP contribution in [0.5, 0.6) is 0 Å². The zero-order valence-electron chi connectivity index (χ0n) is 18.6. The topological polar surface area (TPSA) is 151 Å². The predicted molar refractivity (Wildman–Crippen MR) is 115 cm³/mol. The van der Waals surface area contributed by atoms with Crippen LogP contribution in [0, 0.1) is 13.8 Å². The van der Waals surface area contributed by atoms with Gasteiger partial charge in [-0.3, -0.25) is 4.79 Å². The minimum Gasteiger partial charge on any atom is -0.463 e. The van der Waals surface area contributed by atoms with Gasteiger partial charge in [0, 0.05) is 13.0 Å². The first-order valence-corrected chi connectivity index (χ1v) is 11.9. The van der Waals surface area contributed by atoms with E-state index in [1.165, 1.54) is 12.1 Å². The van der Waals surface area contributed by atoms with E-state index in [2.05, 4.69) is 10.6 Å². The number of sulfonamides is 1. The number of carbonyl (C=O) groups is 3. The number of β-amino-alcohol motifs (C(OH)–C–C–N with tert-alkyl or cyclic N) is 1. The maximum absolute atomic E-state index is 13.2. The van der Waals surface area contributed by atoms with Crippen LogP contribution in [-0.2, 0) is 29.1 Å². The van der Waals surface area contributed by atoms with Crippen molar-refractivity contribution in [2.45, 2.75) is 44.2 Å². The Hall–Kier alpha value is -2.96. The van der Waals surface area contributed by atoms with E-state index in [1.54, 1.807) is 19.9 Å². The minimum atomic E-state index is -4.08. The first kappa shape index (κ1) is 24.7. The summed E-state index contributed by atoms with van der Waals surface area (Å²) < 4.78 is 37.5. The van der Waals surface area contributed by atoms with Crippen molar-refractivity contribution in [1.29, 1.82) is 0 Å². The number of nitrogens with zero attached hydrogens (tertiary/aromatic N) is 1. The lowest BCUT2D eigenvalue weighted by atomic mass is 10.1. The lowest BCUT2D eigenvalue weighted by Crippen LogP contribution is -2.46. The lowest BCUT2D eigenvalue weighted by Gasteiger charge is -2.24. The number of amides is 2. The van der Waals surface area contributed by atoms with Gasteiger partial charge < -0.3 is 25.2 Å². The molecule has 1 aromatic rings. The largest absolute Gasteiger partial charge is 0.463 e. The Kier molecular flexibility index (Phi) is 7.40. The normalized spacial score (nSPS) is 21.4. The Morgan fingerprint density at radius 2 is 1.94 bits per heavy atom. The molecular formula is C21H27N3O8S. The van der Waals surface area contributed by atoms with Crippen molar-refractivity contribution < 1.29 is 37.4 Å². The number of aliphatic hydroxyl groups excluding tert-OH is 1. The van der Waals surface area contributed by atoms with Gasteiger partial charge in [-0.25, -0.2) is 18.0 Å². The highest BCUT2D eigenvalue weighted by molar-refractivity contribution is 7.89. The number of nitrogens with one attached hydrogen (secondary N) is 2. The quantitative estimate of drug-likeness (QED) is 0.464. The number of ether oxygens (including phenoxy) is 2. The van der Waals surface area contributed by atoms with Gasteiger partial charge in [0.05, 0.1) is 35.4 Å². The Labute approximate surface area is 191 Å². The molecule has 33 heavy (non-hydrogen) atoms. The van der Waals surface area contributed by atoms with Crippen molar-refractivity contribution in [2.24, 2.45) is 0 Å². The third-order valence-electron chi connectivity index (χ3n) is 5.53. The highest BCUT2D eigenvalue weighted by atomic mass is 32.2. The molecule has 0 bridgehead atoms. The standard InChI is InChI=1S/C21H27N3O8S/c1-4-31-19(26)16-9-22-21(28)23-17(16)11-32-20(27)18-8-14(25)10-24(18)33(29,30)15-6-5-12(2)13(3)7-15/h5-7,14,18,25H,4,8-11H2,1-3H3,(H2,22,23,28)/t14?,18-/m0/s1. The van der Waals surface area contributed by atoms with Crippen molar-refractivity contribution in [3.8, 4) is 0 Å². The monoisotopic (exact) mass is 481 g/mol. The Balaban J connectivity index is 1.79. The summed E-state index contributed by atoms with van der Waals surface area (Å²) in [7, 11) is -4.08. The van der Waals surface area contributed by atoms with Crippen LogP contribution in [0.2, 0.25) is 0 Å². The van der Waals surface area contributed by atoms with Crippen LogP contribution in [0.1, 0.15) is 24.5 Å². The van der Waals surface area contributed by atoms with Crippen molar-refractivity contribution in [1.82, 2.24) is 14.9 Å². The van der Waals surface area contributed by atoms with E-state index in [-0.39, 0.29) is 42.3 Å². The molecule has 0 spiro atoms. The summed E-state index contributed by atoms with van der Waals surface area (Å²) in [5.74, 6) is -1.58. The van der Waals surface area contributed by atoms with Gasteiger partial charge in [-0.15, -0.1) is 0 Å². The second-order valence-corrected chi connectivity index (χ2v) is 9.71. The van der Waals surface area contributed by atoms with Crippen LogP contribution in [0.3, 0.4) is 0 Å². The number of esters is 2. The average Bonchev–Trinajstić information content (AvgIpc) is 3.16. The molecule has 2 aliphatic heterocycles. The molecule has 12 heteroatoms. The molecule has 11 nitrogen and oxygen atoms in total. The molecule has 1 unspecified atom stereocenters. The zero-order chi connectivity index (χ0) is 24.3. The van der Waals surface area contributed by atoms with Gasteiger partial charge in [-0.1, -0.05) is 6.07 Å². The number of hydrogen-bond donors (Lipinski definition) is 3. The van der Waals surface area contributed by atoms with E-state index >= 15 is 0 Å². The smallest absolute Gasteiger partial charge is 0.337 e. The predicted octanol–water partition coefficient (Wildman–Crippen LogP) is 0.101. The molecule has 1 saturated heterocycles. The van der Waals surface area contributed by atoms with Crippen molar-refractivity contribution in [3.05, 3.63) is 40.6 Å². The SMILES string of the molecule is CCOC(=O)C1=C(COC(=O)[C@@H]2CC(O)CN2S(=O)(=O)c2ccc(C)c(C)c2)NC(=O)NC1. The van der Waals surface area contributed by atoms with Gasteiger partial charge in [0.2, 0.25) is 10.0 Å². The van der Waals surface area contributed by atoms with Crippen molar-refractivity contribution in [3.63, 3.8) is 0 Å². The Morgan fingerprint density at radius 3 is 2.61 bits per heavy atom. The Morgan fingerprint density at radius 1 is 1.21 bits per heavy atom. The molecule has 0 aliphatic carbocycles. The fraction of sp³-hybridized carbons (Fsp3) is 0.476. The van der Waals surface area contributed by atoms with Crippen LogP contribution in [0.15, 0.2) is 34.4 Å². The number of urea groups is 1. The van der Waals surface area contributed by atoms with Crippen LogP contribution in [-0.4, -0.2) is 74.2 Å². The van der Waals surface area contributed by atoms with Gasteiger partial charge in [0.25, 0.3) is 0 Å². The Bertz CT molecular complexity index is 1100. The van der Waals surface area contributed by atoms with Gasteiger partial charge in [0.1, 0.15) is 12.6 Å². The molecule has 2 amide bonds. The van der Waals surface area contributed by atoms with E-state index in [4.69, 9.17) is 9.47 Å². The average molecular weight is 482 g/mol. The molecule has 2 heterocycles. The summed E-state index contributed by atoms with van der Waals surface area (Å²) >= 11 is 0. The number of benzene rings is 1. The second-order valence-electron chi connectivity index (χ2n) is 7.82. The van der Waals surface area contributed by atoms with Crippen LogP contribution < -0.4 is 10.6 Å². The number of aryl methyl sites for hydroxylation is 2. The van der Waals surface area contributed by atoms with E-state index in [1.807, 2.05) is 6.92 Å². The molecule has 1 fully saturated rings. The summed E-state index contributed by atoms with van der Waals surface area (Å²) in [6.45, 7) is 4.55. The van der Waals surface area contributed by atoms with Crippen molar-refractivity contribution >= 4 is 28.0 Å². The van der Waals surface area contributed by atoms with E-state index in [0.29, 0.717) is 0 Å². The third-order valence-corrected chi connectivity index (χ3v) is 7.40. The lowest BCUT2D eigenvalue weighted by molar-refractivity contribution is -0.147. The summed E-state index contributed by atoms with van der Waals surface area (Å²) in [6.07, 6.45) is -1.18. The molecule has 2 atom stereocenters. The van der Waals surface area contributed by atoms with Crippen LogP contribution >= 0.6 is 0 Å². The van der Waals surface area contributed by atoms with E-state index in [0.717, 1.165) is 15.4 Å². The van der Waals surface area contributed by atoms with Gasteiger partial charge in [-0.2, -0.15) is 4.31 Å². The van der Waals surface area contributed by atoms with Crippen LogP contribution in [0.25, 0.3) is 0 Å². The second kappa shape index (κ2) is 9.89. The summed E-state index contributed by atoms with van der Waals surface area (Å²) in [4.78, 5) is 36.6. The number of aliphatic hydroxyl groups is 1. The van der Waals surface area contributed by atoms with Gasteiger partial charge in [-0.05, 0) is 44.0 Å².